The van der Waals surface area contributed by atoms with Crippen LogP contribution in [0.4, 0.5) is 5.69 Å². The number of ketones is 1. The molecular weight excluding hydrogens is 256 g/mol. The summed E-state index contributed by atoms with van der Waals surface area (Å²) in [6, 6.07) is 8.56. The predicted molar refractivity (Wildman–Crippen MR) is 65.8 cm³/mol. The van der Waals surface area contributed by atoms with Gasteiger partial charge < -0.3 is 0 Å². The molecule has 5 nitrogen and oxygen atoms in total. The van der Waals surface area contributed by atoms with Gasteiger partial charge in [-0.25, -0.2) is 4.98 Å². The average molecular weight is 263 g/mol. The third-order valence-corrected chi connectivity index (χ3v) is 2.53. The van der Waals surface area contributed by atoms with Crippen molar-refractivity contribution in [3.05, 3.63) is 69.0 Å². The zero-order valence-electron chi connectivity index (χ0n) is 9.04. The van der Waals surface area contributed by atoms with Crippen LogP contribution in [-0.2, 0) is 0 Å². The third kappa shape index (κ3) is 2.52. The van der Waals surface area contributed by atoms with Gasteiger partial charge in [-0.05, 0) is 12.1 Å². The zero-order valence-corrected chi connectivity index (χ0v) is 9.79. The summed E-state index contributed by atoms with van der Waals surface area (Å²) in [7, 11) is 0. The second-order valence-corrected chi connectivity index (χ2v) is 3.89. The molecule has 2 rings (SSSR count). The second-order valence-electron chi connectivity index (χ2n) is 3.51. The summed E-state index contributed by atoms with van der Waals surface area (Å²) in [6.45, 7) is 0. The predicted octanol–water partition coefficient (Wildman–Crippen LogP) is 2.87. The molecule has 0 spiro atoms. The van der Waals surface area contributed by atoms with Gasteiger partial charge in [-0.2, -0.15) is 0 Å². The molecule has 0 aliphatic heterocycles. The number of rotatable bonds is 3. The Labute approximate surface area is 107 Å². The van der Waals surface area contributed by atoms with Crippen LogP contribution in [0.2, 0.25) is 5.15 Å². The number of nitrogens with zero attached hydrogens (tertiary/aromatic N) is 2. The van der Waals surface area contributed by atoms with Gasteiger partial charge in [0.2, 0.25) is 0 Å². The third-order valence-electron chi connectivity index (χ3n) is 2.31. The van der Waals surface area contributed by atoms with Gasteiger partial charge in [0, 0.05) is 29.5 Å². The quantitative estimate of drug-likeness (QED) is 0.369. The van der Waals surface area contributed by atoms with Crippen LogP contribution in [0.3, 0.4) is 0 Å². The lowest BCUT2D eigenvalue weighted by molar-refractivity contribution is -0.384. The van der Waals surface area contributed by atoms with Crippen molar-refractivity contribution in [1.82, 2.24) is 4.98 Å². The molecule has 0 bridgehead atoms. The van der Waals surface area contributed by atoms with Crippen molar-refractivity contribution in [3.8, 4) is 0 Å². The number of carbonyl (C=O) groups excluding carboxylic acids is 1. The van der Waals surface area contributed by atoms with E-state index in [1.54, 1.807) is 0 Å². The van der Waals surface area contributed by atoms with Gasteiger partial charge in [-0.3, -0.25) is 14.9 Å². The lowest BCUT2D eigenvalue weighted by atomic mass is 10.0. The Hall–Kier alpha value is -2.27. The number of nitro benzene ring substituents is 1. The zero-order chi connectivity index (χ0) is 13.1. The number of carbonyl (C=O) groups is 1. The maximum Gasteiger partial charge on any atom is 0.270 e. The van der Waals surface area contributed by atoms with E-state index in [0.717, 1.165) is 0 Å². The fraction of sp³-hybridized carbons (Fsp3) is 0. The molecule has 0 aliphatic rings. The SMILES string of the molecule is O=C(c1ccc(Cl)nc1)c1cccc([N+](=O)[O-])c1. The van der Waals surface area contributed by atoms with Crippen LogP contribution in [-0.4, -0.2) is 15.7 Å². The molecule has 0 radical (unpaired) electrons. The molecule has 0 saturated carbocycles. The number of aromatic nitrogens is 1. The van der Waals surface area contributed by atoms with Gasteiger partial charge in [0.05, 0.1) is 4.92 Å². The Kier molecular flexibility index (Phi) is 3.34. The summed E-state index contributed by atoms with van der Waals surface area (Å²) in [4.78, 5) is 25.9. The van der Waals surface area contributed by atoms with Crippen molar-refractivity contribution in [2.45, 2.75) is 0 Å². The summed E-state index contributed by atoms with van der Waals surface area (Å²) >= 11 is 5.62. The summed E-state index contributed by atoms with van der Waals surface area (Å²) in [5, 5.41) is 10.9. The van der Waals surface area contributed by atoms with Crippen molar-refractivity contribution >= 4 is 23.1 Å². The van der Waals surface area contributed by atoms with Crippen molar-refractivity contribution in [3.63, 3.8) is 0 Å². The van der Waals surface area contributed by atoms with Crippen LogP contribution in [0.5, 0.6) is 0 Å². The van der Waals surface area contributed by atoms with E-state index in [1.165, 1.54) is 42.6 Å². The first kappa shape index (κ1) is 12.2. The molecule has 1 aromatic carbocycles. The van der Waals surface area contributed by atoms with Gasteiger partial charge >= 0.3 is 0 Å². The normalized spacial score (nSPS) is 10.1. The van der Waals surface area contributed by atoms with E-state index in [1.807, 2.05) is 0 Å². The number of hydrogen-bond donors (Lipinski definition) is 0. The van der Waals surface area contributed by atoms with Crippen LogP contribution in [0.15, 0.2) is 42.6 Å². The molecule has 0 saturated heterocycles. The molecule has 18 heavy (non-hydrogen) atoms. The van der Waals surface area contributed by atoms with Gasteiger partial charge in [-0.15, -0.1) is 0 Å². The Morgan fingerprint density at radius 3 is 2.61 bits per heavy atom. The molecule has 0 aliphatic carbocycles. The fourth-order valence-corrected chi connectivity index (χ4v) is 1.55. The number of halogens is 1. The van der Waals surface area contributed by atoms with E-state index >= 15 is 0 Å². The first-order valence-corrected chi connectivity index (χ1v) is 5.36. The Balaban J connectivity index is 2.37. The summed E-state index contributed by atoms with van der Waals surface area (Å²) in [6.07, 6.45) is 1.34. The molecule has 1 aromatic heterocycles. The van der Waals surface area contributed by atoms with Gasteiger partial charge in [0.1, 0.15) is 5.15 Å². The van der Waals surface area contributed by atoms with E-state index < -0.39 is 4.92 Å². The summed E-state index contributed by atoms with van der Waals surface area (Å²) in [5.74, 6) is -0.331. The first-order chi connectivity index (χ1) is 8.58. The largest absolute Gasteiger partial charge is 0.289 e. The highest BCUT2D eigenvalue weighted by molar-refractivity contribution is 6.29. The maximum atomic E-state index is 12.0. The minimum atomic E-state index is -0.545. The standard InChI is InChI=1S/C12H7ClN2O3/c13-11-5-4-9(7-14-11)12(16)8-2-1-3-10(6-8)15(17)18/h1-7H. The number of hydrogen-bond acceptors (Lipinski definition) is 4. The molecule has 0 atom stereocenters. The molecule has 0 unspecified atom stereocenters. The van der Waals surface area contributed by atoms with E-state index in [4.69, 9.17) is 11.6 Å². The monoisotopic (exact) mass is 262 g/mol. The molecule has 90 valence electrons. The Morgan fingerprint density at radius 2 is 2.00 bits per heavy atom. The van der Waals surface area contributed by atoms with Crippen molar-refractivity contribution in [2.75, 3.05) is 0 Å². The molecule has 0 N–H and O–H groups in total. The molecule has 1 heterocycles. The number of non-ortho nitro benzene ring substituents is 1. The molecule has 0 fully saturated rings. The number of benzene rings is 1. The minimum Gasteiger partial charge on any atom is -0.289 e. The van der Waals surface area contributed by atoms with Crippen LogP contribution < -0.4 is 0 Å². The lowest BCUT2D eigenvalue weighted by Gasteiger charge is -2.00. The first-order valence-electron chi connectivity index (χ1n) is 4.98. The smallest absolute Gasteiger partial charge is 0.270 e. The van der Waals surface area contributed by atoms with Crippen molar-refractivity contribution in [2.24, 2.45) is 0 Å². The molecule has 6 heteroatoms. The van der Waals surface area contributed by atoms with Gasteiger partial charge in [-0.1, -0.05) is 23.7 Å². The number of nitro groups is 1. The highest BCUT2D eigenvalue weighted by atomic mass is 35.5. The number of pyridine rings is 1. The topological polar surface area (TPSA) is 73.1 Å². The van der Waals surface area contributed by atoms with Crippen LogP contribution in [0, 0.1) is 10.1 Å². The maximum absolute atomic E-state index is 12.0. The molecule has 2 aromatic rings. The van der Waals surface area contributed by atoms with E-state index in [-0.39, 0.29) is 22.2 Å². The van der Waals surface area contributed by atoms with Crippen molar-refractivity contribution < 1.29 is 9.72 Å². The van der Waals surface area contributed by atoms with E-state index in [2.05, 4.69) is 4.98 Å². The van der Waals surface area contributed by atoms with E-state index in [0.29, 0.717) is 5.56 Å². The molecule has 0 amide bonds. The van der Waals surface area contributed by atoms with Crippen LogP contribution in [0.1, 0.15) is 15.9 Å². The van der Waals surface area contributed by atoms with Crippen LogP contribution in [0.25, 0.3) is 0 Å². The minimum absolute atomic E-state index is 0.122. The highest BCUT2D eigenvalue weighted by Gasteiger charge is 2.13. The van der Waals surface area contributed by atoms with E-state index in [9.17, 15) is 14.9 Å². The van der Waals surface area contributed by atoms with Gasteiger partial charge in [0.25, 0.3) is 5.69 Å². The average Bonchev–Trinajstić information content (AvgIpc) is 2.39. The Morgan fingerprint density at radius 1 is 1.22 bits per heavy atom. The van der Waals surface area contributed by atoms with Crippen LogP contribution >= 0.6 is 11.6 Å². The fourth-order valence-electron chi connectivity index (χ4n) is 1.44. The summed E-state index contributed by atoms with van der Waals surface area (Å²) in [5.41, 5.74) is 0.455. The molecular formula is C12H7ClN2O3. The Bertz CT molecular complexity index is 611. The summed E-state index contributed by atoms with van der Waals surface area (Å²) < 4.78 is 0. The van der Waals surface area contributed by atoms with Crippen molar-refractivity contribution in [1.29, 1.82) is 0 Å². The highest BCUT2D eigenvalue weighted by Crippen LogP contribution is 2.16. The van der Waals surface area contributed by atoms with Gasteiger partial charge in [0.15, 0.2) is 5.78 Å². The second kappa shape index (κ2) is 4.93. The lowest BCUT2D eigenvalue weighted by Crippen LogP contribution is -2.02.